The van der Waals surface area contributed by atoms with Gasteiger partial charge in [-0.2, -0.15) is 0 Å². The number of nitrogens with one attached hydrogen (secondary N) is 1. The molecule has 1 fully saturated rings. The zero-order valence-corrected chi connectivity index (χ0v) is 20.1. The third-order valence-electron chi connectivity index (χ3n) is 6.26. The molecule has 8 nitrogen and oxygen atoms in total. The van der Waals surface area contributed by atoms with E-state index in [1.54, 1.807) is 6.20 Å². The summed E-state index contributed by atoms with van der Waals surface area (Å²) in [6.07, 6.45) is 6.40. The van der Waals surface area contributed by atoms with Crippen LogP contribution in [0.4, 0.5) is 0 Å². The van der Waals surface area contributed by atoms with Crippen molar-refractivity contribution in [2.75, 3.05) is 13.1 Å². The molecule has 36 heavy (non-hydrogen) atoms. The van der Waals surface area contributed by atoms with Crippen molar-refractivity contribution in [2.24, 2.45) is 5.92 Å². The van der Waals surface area contributed by atoms with Crippen LogP contribution in [0.1, 0.15) is 36.0 Å². The van der Waals surface area contributed by atoms with E-state index in [4.69, 9.17) is 24.5 Å². The molecule has 1 saturated heterocycles. The number of rotatable bonds is 8. The summed E-state index contributed by atoms with van der Waals surface area (Å²) in [7, 11) is 0. The maximum atomic E-state index is 11.9. The second-order valence-corrected chi connectivity index (χ2v) is 8.76. The predicted octanol–water partition coefficient (Wildman–Crippen LogP) is 3.95. The highest BCUT2D eigenvalue weighted by molar-refractivity contribution is 6.27. The molecule has 0 atom stereocenters. The number of hydrogen-bond acceptors (Lipinski definition) is 5. The van der Waals surface area contributed by atoms with Crippen LogP contribution < -0.4 is 10.3 Å². The molecule has 0 spiro atoms. The second-order valence-electron chi connectivity index (χ2n) is 8.76. The van der Waals surface area contributed by atoms with Crippen molar-refractivity contribution in [2.45, 2.75) is 38.8 Å². The molecule has 4 rings (SSSR count). The highest BCUT2D eigenvalue weighted by Gasteiger charge is 2.20. The summed E-state index contributed by atoms with van der Waals surface area (Å²) in [5.74, 6) is -1.99. The minimum Gasteiger partial charge on any atom is -0.489 e. The molecular weight excluding hydrogens is 460 g/mol. The Bertz CT molecular complexity index is 1160. The van der Waals surface area contributed by atoms with Crippen LogP contribution in [0.25, 0.3) is 0 Å². The number of benzene rings is 2. The van der Waals surface area contributed by atoms with Crippen molar-refractivity contribution < 1.29 is 24.5 Å². The van der Waals surface area contributed by atoms with Crippen LogP contribution in [-0.2, 0) is 29.2 Å². The fourth-order valence-electron chi connectivity index (χ4n) is 4.23. The number of aromatic amines is 1. The summed E-state index contributed by atoms with van der Waals surface area (Å²) in [5, 5.41) is 14.8. The fourth-order valence-corrected chi connectivity index (χ4v) is 4.23. The topological polar surface area (TPSA) is 120 Å². The number of aryl methyl sites for hydroxylation is 1. The highest BCUT2D eigenvalue weighted by atomic mass is 16.5. The maximum Gasteiger partial charge on any atom is 0.414 e. The summed E-state index contributed by atoms with van der Waals surface area (Å²) in [5.41, 5.74) is 3.58. The van der Waals surface area contributed by atoms with E-state index in [2.05, 4.69) is 34.1 Å². The number of likely N-dealkylation sites (tertiary alicyclic amines) is 1. The number of para-hydroxylation sites is 1. The molecule has 3 aromatic rings. The largest absolute Gasteiger partial charge is 0.489 e. The number of pyridine rings is 1. The van der Waals surface area contributed by atoms with Gasteiger partial charge >= 0.3 is 11.9 Å². The molecule has 0 saturated carbocycles. The first-order valence-electron chi connectivity index (χ1n) is 12.0. The van der Waals surface area contributed by atoms with Gasteiger partial charge in [0.05, 0.1) is 0 Å². The smallest absolute Gasteiger partial charge is 0.414 e. The van der Waals surface area contributed by atoms with E-state index in [0.29, 0.717) is 6.61 Å². The quantitative estimate of drug-likeness (QED) is 0.407. The standard InChI is InChI=1S/C26H30N2O2.C2H2O4/c29-26-23(9-6-16-27-26)19-28-17-14-21(15-18-28)12-13-22-7-4-5-8-24(22)20-30-25-10-2-1-3-11-25;3-1(4)2(5)6/h1-11,16,21H,12-15,17-20H2,(H,27,29);(H,3,4)(H,5,6). The zero-order chi connectivity index (χ0) is 25.8. The second kappa shape index (κ2) is 13.8. The molecule has 0 amide bonds. The normalized spacial score (nSPS) is 13.9. The van der Waals surface area contributed by atoms with E-state index in [1.165, 1.54) is 30.4 Å². The Labute approximate surface area is 210 Å². The van der Waals surface area contributed by atoms with Gasteiger partial charge in [-0.1, -0.05) is 48.5 Å². The van der Waals surface area contributed by atoms with Crippen molar-refractivity contribution in [3.05, 3.63) is 100.0 Å². The van der Waals surface area contributed by atoms with Crippen molar-refractivity contribution >= 4 is 11.9 Å². The van der Waals surface area contributed by atoms with E-state index in [1.807, 2.05) is 42.5 Å². The molecule has 0 bridgehead atoms. The Morgan fingerprint density at radius 3 is 2.11 bits per heavy atom. The van der Waals surface area contributed by atoms with E-state index in [-0.39, 0.29) is 5.56 Å². The van der Waals surface area contributed by atoms with Crippen molar-refractivity contribution in [1.29, 1.82) is 0 Å². The SMILES string of the molecule is O=C(O)C(=O)O.O=c1[nH]cccc1CN1CCC(CCc2ccccc2COc2ccccc2)CC1. The number of aliphatic carboxylic acids is 2. The molecule has 0 aliphatic carbocycles. The minimum absolute atomic E-state index is 0.0361. The Morgan fingerprint density at radius 2 is 1.47 bits per heavy atom. The van der Waals surface area contributed by atoms with Gasteiger partial charge in [-0.15, -0.1) is 0 Å². The third-order valence-corrected chi connectivity index (χ3v) is 6.26. The van der Waals surface area contributed by atoms with E-state index in [9.17, 15) is 4.79 Å². The lowest BCUT2D eigenvalue weighted by atomic mass is 9.89. The van der Waals surface area contributed by atoms with Gasteiger partial charge in [0.2, 0.25) is 0 Å². The number of piperidine rings is 1. The first-order chi connectivity index (χ1) is 17.4. The van der Waals surface area contributed by atoms with Crippen LogP contribution in [0.2, 0.25) is 0 Å². The molecule has 1 aliphatic heterocycles. The van der Waals surface area contributed by atoms with Gasteiger partial charge in [-0.25, -0.2) is 9.59 Å². The number of H-pyrrole nitrogens is 1. The van der Waals surface area contributed by atoms with E-state index in [0.717, 1.165) is 43.3 Å². The van der Waals surface area contributed by atoms with Crippen LogP contribution in [0.5, 0.6) is 5.75 Å². The van der Waals surface area contributed by atoms with Crippen molar-refractivity contribution in [1.82, 2.24) is 9.88 Å². The lowest BCUT2D eigenvalue weighted by Gasteiger charge is -2.32. The number of carbonyl (C=O) groups is 2. The summed E-state index contributed by atoms with van der Waals surface area (Å²) in [6, 6.07) is 22.5. The summed E-state index contributed by atoms with van der Waals surface area (Å²) >= 11 is 0. The lowest BCUT2D eigenvalue weighted by molar-refractivity contribution is -0.159. The fraction of sp³-hybridized carbons (Fsp3) is 0.321. The molecule has 1 aliphatic rings. The Hall–Kier alpha value is -3.91. The van der Waals surface area contributed by atoms with Gasteiger partial charge in [-0.05, 0) is 74.0 Å². The number of ether oxygens (including phenoxy) is 1. The third kappa shape index (κ3) is 8.70. The first kappa shape index (κ1) is 26.7. The molecule has 2 aromatic carbocycles. The molecule has 1 aromatic heterocycles. The van der Waals surface area contributed by atoms with Gasteiger partial charge in [0.15, 0.2) is 0 Å². The van der Waals surface area contributed by atoms with Crippen LogP contribution in [-0.4, -0.2) is 45.1 Å². The Kier molecular flexibility index (Phi) is 10.3. The summed E-state index contributed by atoms with van der Waals surface area (Å²) in [4.78, 5) is 35.3. The van der Waals surface area contributed by atoms with Gasteiger partial charge in [-0.3, -0.25) is 9.69 Å². The zero-order valence-electron chi connectivity index (χ0n) is 20.1. The molecule has 0 radical (unpaired) electrons. The van der Waals surface area contributed by atoms with Crippen molar-refractivity contribution in [3.63, 3.8) is 0 Å². The maximum absolute atomic E-state index is 11.9. The molecule has 8 heteroatoms. The molecule has 190 valence electrons. The monoisotopic (exact) mass is 492 g/mol. The highest BCUT2D eigenvalue weighted by Crippen LogP contribution is 2.24. The van der Waals surface area contributed by atoms with E-state index >= 15 is 0 Å². The molecular formula is C28H32N2O6. The van der Waals surface area contributed by atoms with Gasteiger partial charge in [0, 0.05) is 18.3 Å². The number of aromatic nitrogens is 1. The Morgan fingerprint density at radius 1 is 0.861 bits per heavy atom. The number of carboxylic acid groups (broad SMARTS) is 2. The van der Waals surface area contributed by atoms with Crippen molar-refractivity contribution in [3.8, 4) is 5.75 Å². The van der Waals surface area contributed by atoms with Crippen LogP contribution in [0, 0.1) is 5.92 Å². The summed E-state index contributed by atoms with van der Waals surface area (Å²) < 4.78 is 5.97. The number of hydrogen-bond donors (Lipinski definition) is 3. The van der Waals surface area contributed by atoms with Crippen LogP contribution in [0.3, 0.4) is 0 Å². The number of carboxylic acids is 2. The lowest BCUT2D eigenvalue weighted by Crippen LogP contribution is -2.35. The Balaban J connectivity index is 0.000000538. The van der Waals surface area contributed by atoms with Gasteiger partial charge in [0.25, 0.3) is 5.56 Å². The minimum atomic E-state index is -1.82. The van der Waals surface area contributed by atoms with Crippen LogP contribution >= 0.6 is 0 Å². The van der Waals surface area contributed by atoms with E-state index < -0.39 is 11.9 Å². The number of nitrogens with zero attached hydrogens (tertiary/aromatic N) is 1. The molecule has 3 N–H and O–H groups in total. The average molecular weight is 493 g/mol. The average Bonchev–Trinajstić information content (AvgIpc) is 2.90. The first-order valence-corrected chi connectivity index (χ1v) is 12.0. The van der Waals surface area contributed by atoms with Gasteiger partial charge < -0.3 is 19.9 Å². The van der Waals surface area contributed by atoms with Crippen LogP contribution in [0.15, 0.2) is 77.7 Å². The molecule has 2 heterocycles. The predicted molar refractivity (Wildman–Crippen MR) is 136 cm³/mol. The molecule has 0 unspecified atom stereocenters. The van der Waals surface area contributed by atoms with Gasteiger partial charge in [0.1, 0.15) is 12.4 Å². The summed E-state index contributed by atoms with van der Waals surface area (Å²) in [6.45, 7) is 3.50.